The molecule has 0 saturated carbocycles. The second kappa shape index (κ2) is 38.3. The Hall–Kier alpha value is -3.91. The minimum absolute atomic E-state index is 0.123. The minimum atomic E-state index is -1.09. The largest absolute Gasteiger partial charge is 0.483 e. The highest BCUT2D eigenvalue weighted by molar-refractivity contribution is 5.78. The van der Waals surface area contributed by atoms with E-state index in [1.54, 1.807) is 0 Å². The van der Waals surface area contributed by atoms with Gasteiger partial charge in [0.05, 0.1) is 12.3 Å². The monoisotopic (exact) mass is 829 g/mol. The van der Waals surface area contributed by atoms with Crippen molar-refractivity contribution >= 4 is 29.8 Å². The third-order valence-corrected chi connectivity index (χ3v) is 10.8. The highest BCUT2D eigenvalue weighted by Crippen LogP contribution is 2.26. The quantitative estimate of drug-likeness (QED) is 0.0135. The van der Waals surface area contributed by atoms with Gasteiger partial charge in [-0.1, -0.05) is 147 Å². The summed E-state index contributed by atoms with van der Waals surface area (Å²) in [4.78, 5) is 58.1. The molecule has 0 aromatic rings. The number of esters is 1. The predicted molar refractivity (Wildman–Crippen MR) is 237 cm³/mol. The summed E-state index contributed by atoms with van der Waals surface area (Å²) in [5, 5.41) is 28.0. The third-order valence-electron chi connectivity index (χ3n) is 10.8. The molecule has 59 heavy (non-hydrogen) atoms. The van der Waals surface area contributed by atoms with Crippen LogP contribution in [0.1, 0.15) is 188 Å². The fourth-order valence-corrected chi connectivity index (χ4v) is 7.07. The molecular formula is C49H80O10. The molecule has 5 unspecified atom stereocenters. The van der Waals surface area contributed by atoms with Crippen molar-refractivity contribution in [3.63, 3.8) is 0 Å². The number of rotatable bonds is 40. The van der Waals surface area contributed by atoms with Crippen LogP contribution in [0.4, 0.5) is 0 Å². The van der Waals surface area contributed by atoms with Gasteiger partial charge in [0.1, 0.15) is 12.7 Å². The van der Waals surface area contributed by atoms with E-state index in [1.165, 1.54) is 12.8 Å². The molecular weight excluding hydrogens is 749 g/mol. The van der Waals surface area contributed by atoms with Crippen molar-refractivity contribution in [1.29, 1.82) is 0 Å². The first kappa shape index (κ1) is 55.1. The van der Waals surface area contributed by atoms with Crippen LogP contribution in [0, 0.1) is 23.7 Å². The zero-order valence-electron chi connectivity index (χ0n) is 37.1. The van der Waals surface area contributed by atoms with Crippen molar-refractivity contribution < 1.29 is 48.8 Å². The Morgan fingerprint density at radius 2 is 1.24 bits per heavy atom. The Bertz CT molecular complexity index is 1290. The predicted octanol–water partition coefficient (Wildman–Crippen LogP) is 12.4. The normalized spacial score (nSPS) is 14.4. The lowest BCUT2D eigenvalue weighted by atomic mass is 9.84. The summed E-state index contributed by atoms with van der Waals surface area (Å²) >= 11 is 0. The van der Waals surface area contributed by atoms with Crippen LogP contribution >= 0.6 is 0 Å². The van der Waals surface area contributed by atoms with E-state index < -0.39 is 29.9 Å². The molecule has 0 rings (SSSR count). The van der Waals surface area contributed by atoms with Crippen LogP contribution in [-0.4, -0.2) is 57.8 Å². The number of unbranched alkanes of at least 4 members (excludes halogenated alkanes) is 14. The van der Waals surface area contributed by atoms with E-state index >= 15 is 0 Å². The van der Waals surface area contributed by atoms with Crippen molar-refractivity contribution in [2.75, 3.05) is 6.61 Å². The molecule has 0 bridgehead atoms. The van der Waals surface area contributed by atoms with Crippen molar-refractivity contribution in [3.8, 4) is 0 Å². The number of ether oxygens (including phenoxy) is 2. The standard InChI is InChI=1S/C49H80O10/c1-5-8-9-10-21-27-32-42(45(49(56)57)37-47(53)54)33-28-23-19-20-25-30-35-48(55)59-43(7-3)39-58-44(38-50)34-29-24-18-16-14-12-11-13-15-17-22-26-31-41(6-2)40(4)36-46(51)52/h11,13,17,22,26,28,31,33,40-43,45H,5-10,12,14-16,18-21,23-25,27,29-30,32,34-37,39H2,1-4H3,(H,51,52)(H,53,54)(H,56,57)/b13-11-,22-17-,31-26+,33-28+. The molecule has 0 aliphatic heterocycles. The van der Waals surface area contributed by atoms with E-state index in [0.717, 1.165) is 103 Å². The summed E-state index contributed by atoms with van der Waals surface area (Å²) < 4.78 is 11.3. The molecule has 336 valence electrons. The minimum Gasteiger partial charge on any atom is -0.483 e. The Morgan fingerprint density at radius 1 is 0.627 bits per heavy atom. The highest BCUT2D eigenvalue weighted by Gasteiger charge is 2.28. The van der Waals surface area contributed by atoms with Gasteiger partial charge in [-0.05, 0) is 82.0 Å². The number of carbonyl (C=O) groups is 4. The molecule has 10 heteroatoms. The summed E-state index contributed by atoms with van der Waals surface area (Å²) in [5.74, 6) is -1.83. The van der Waals surface area contributed by atoms with Crippen LogP contribution < -0.4 is 0 Å². The Morgan fingerprint density at radius 3 is 1.85 bits per heavy atom. The summed E-state index contributed by atoms with van der Waals surface area (Å²) in [7, 11) is 0. The van der Waals surface area contributed by atoms with Crippen LogP contribution in [0.15, 0.2) is 54.4 Å². The van der Waals surface area contributed by atoms with Gasteiger partial charge < -0.3 is 24.8 Å². The SMILES string of the molecule is CCCCCCCCC(/C=C/CCCCCCC(=O)OC(CC)COC(=C=O)CCCCCCC/C=C\C/C=C\C=C\C(CC)C(C)CC(=O)O)C(CC(=O)O)C(=O)O. The zero-order valence-corrected chi connectivity index (χ0v) is 37.1. The molecule has 0 aromatic heterocycles. The fourth-order valence-electron chi connectivity index (χ4n) is 7.07. The topological polar surface area (TPSA) is 164 Å². The molecule has 0 aromatic carbocycles. The second-order valence-electron chi connectivity index (χ2n) is 16.0. The van der Waals surface area contributed by atoms with Crippen molar-refractivity contribution in [3.05, 3.63) is 54.4 Å². The van der Waals surface area contributed by atoms with Gasteiger partial charge in [-0.15, -0.1) is 0 Å². The molecule has 0 spiro atoms. The van der Waals surface area contributed by atoms with E-state index in [0.29, 0.717) is 32.1 Å². The first-order chi connectivity index (χ1) is 28.5. The van der Waals surface area contributed by atoms with Gasteiger partial charge >= 0.3 is 23.9 Å². The van der Waals surface area contributed by atoms with Gasteiger partial charge in [-0.2, -0.15) is 0 Å². The van der Waals surface area contributed by atoms with Gasteiger partial charge in [0, 0.05) is 19.3 Å². The third kappa shape index (κ3) is 32.6. The number of carboxylic acids is 3. The Labute approximate surface area is 356 Å². The van der Waals surface area contributed by atoms with Gasteiger partial charge in [-0.3, -0.25) is 19.2 Å². The molecule has 0 fully saturated rings. The zero-order chi connectivity index (χ0) is 43.9. The molecule has 0 heterocycles. The first-order valence-electron chi connectivity index (χ1n) is 22.9. The number of aliphatic carboxylic acids is 3. The van der Waals surface area contributed by atoms with Crippen LogP contribution in [0.25, 0.3) is 0 Å². The highest BCUT2D eigenvalue weighted by atomic mass is 16.6. The van der Waals surface area contributed by atoms with Crippen LogP contribution in [-0.2, 0) is 33.4 Å². The number of hydrogen-bond acceptors (Lipinski definition) is 7. The molecule has 0 aliphatic rings. The van der Waals surface area contributed by atoms with E-state index in [2.05, 4.69) is 38.2 Å². The molecule has 5 atom stereocenters. The number of carboxylic acid groups (broad SMARTS) is 3. The lowest BCUT2D eigenvalue weighted by Crippen LogP contribution is -2.25. The van der Waals surface area contributed by atoms with Gasteiger partial charge in [0.2, 0.25) is 0 Å². The van der Waals surface area contributed by atoms with Gasteiger partial charge in [0.15, 0.2) is 11.7 Å². The average molecular weight is 829 g/mol. The molecule has 10 nitrogen and oxygen atoms in total. The lowest BCUT2D eigenvalue weighted by Gasteiger charge is -2.20. The molecule has 3 N–H and O–H groups in total. The number of hydrogen-bond donors (Lipinski definition) is 3. The summed E-state index contributed by atoms with van der Waals surface area (Å²) in [6, 6.07) is 0. The average Bonchev–Trinajstić information content (AvgIpc) is 3.20. The molecule has 0 radical (unpaired) electrons. The number of allylic oxidation sites excluding steroid dienone is 9. The van der Waals surface area contributed by atoms with E-state index in [4.69, 9.17) is 14.6 Å². The maximum atomic E-state index is 12.5. The summed E-state index contributed by atoms with van der Waals surface area (Å²) in [5.41, 5.74) is 0. The lowest BCUT2D eigenvalue weighted by molar-refractivity contribution is -0.151. The van der Waals surface area contributed by atoms with Crippen molar-refractivity contribution in [2.45, 2.75) is 194 Å². The smallest absolute Gasteiger partial charge is 0.307 e. The molecule has 0 aliphatic carbocycles. The van der Waals surface area contributed by atoms with Crippen molar-refractivity contribution in [2.24, 2.45) is 23.7 Å². The van der Waals surface area contributed by atoms with Gasteiger partial charge in [-0.25, -0.2) is 4.79 Å². The number of carbonyl (C=O) groups excluding carboxylic acids is 2. The Kier molecular flexibility index (Phi) is 35.8. The van der Waals surface area contributed by atoms with Crippen LogP contribution in [0.3, 0.4) is 0 Å². The van der Waals surface area contributed by atoms with Gasteiger partial charge in [0.25, 0.3) is 0 Å². The Balaban J connectivity index is 4.25. The summed E-state index contributed by atoms with van der Waals surface area (Å²) in [6.45, 7) is 8.29. The maximum absolute atomic E-state index is 12.5. The summed E-state index contributed by atoms with van der Waals surface area (Å²) in [6.07, 6.45) is 36.7. The first-order valence-corrected chi connectivity index (χ1v) is 22.9. The van der Waals surface area contributed by atoms with Crippen molar-refractivity contribution in [1.82, 2.24) is 0 Å². The maximum Gasteiger partial charge on any atom is 0.307 e. The van der Waals surface area contributed by atoms with Crippen LogP contribution in [0.2, 0.25) is 0 Å². The molecule has 0 amide bonds. The van der Waals surface area contributed by atoms with E-state index in [1.807, 2.05) is 44.1 Å². The second-order valence-corrected chi connectivity index (χ2v) is 16.0. The van der Waals surface area contributed by atoms with E-state index in [9.17, 15) is 34.2 Å². The van der Waals surface area contributed by atoms with Crippen LogP contribution in [0.5, 0.6) is 0 Å². The fraction of sp³-hybridized carbons (Fsp3) is 0.714. The molecule has 0 saturated heterocycles. The van der Waals surface area contributed by atoms with E-state index in [-0.39, 0.29) is 48.9 Å².